The fourth-order valence-electron chi connectivity index (χ4n) is 1.86. The highest BCUT2D eigenvalue weighted by atomic mass is 32.1. The Morgan fingerprint density at radius 3 is 2.35 bits per heavy atom. The first-order chi connectivity index (χ1) is 8.24. The van der Waals surface area contributed by atoms with Crippen LogP contribution in [0.1, 0.15) is 15.9 Å². The maximum atomic E-state index is 11.2. The first-order valence-electron chi connectivity index (χ1n) is 5.25. The molecule has 0 fully saturated rings. The Bertz CT molecular complexity index is 535. The Kier molecular flexibility index (Phi) is 3.49. The van der Waals surface area contributed by atoms with Crippen molar-refractivity contribution in [2.45, 2.75) is 5.75 Å². The van der Waals surface area contributed by atoms with Crippen molar-refractivity contribution in [2.75, 3.05) is 0 Å². The van der Waals surface area contributed by atoms with Crippen LogP contribution in [0.4, 0.5) is 0 Å². The summed E-state index contributed by atoms with van der Waals surface area (Å²) in [4.78, 5) is 11.2. The summed E-state index contributed by atoms with van der Waals surface area (Å²) in [7, 11) is 0. The van der Waals surface area contributed by atoms with Crippen molar-refractivity contribution in [1.82, 2.24) is 0 Å². The molecular formula is C14H12O2S. The molecule has 2 aromatic carbocycles. The van der Waals surface area contributed by atoms with Crippen LogP contribution in [0.15, 0.2) is 48.5 Å². The number of hydrogen-bond donors (Lipinski definition) is 2. The van der Waals surface area contributed by atoms with E-state index in [4.69, 9.17) is 0 Å². The third-order valence-corrected chi connectivity index (χ3v) is 2.95. The van der Waals surface area contributed by atoms with Crippen LogP contribution in [-0.2, 0) is 5.75 Å². The molecule has 0 atom stereocenters. The van der Waals surface area contributed by atoms with E-state index in [1.807, 2.05) is 36.4 Å². The van der Waals surface area contributed by atoms with Crippen LogP contribution in [-0.4, -0.2) is 11.1 Å². The van der Waals surface area contributed by atoms with E-state index >= 15 is 0 Å². The molecule has 2 rings (SSSR count). The average Bonchev–Trinajstić information content (AvgIpc) is 2.38. The van der Waals surface area contributed by atoms with Crippen molar-refractivity contribution in [2.24, 2.45) is 0 Å². The predicted octanol–water partition coefficient (Wildman–Crippen LogP) is 3.48. The van der Waals surface area contributed by atoms with Gasteiger partial charge in [-0.25, -0.2) is 4.79 Å². The molecule has 0 amide bonds. The number of rotatable bonds is 3. The molecule has 0 unspecified atom stereocenters. The zero-order valence-electron chi connectivity index (χ0n) is 9.13. The van der Waals surface area contributed by atoms with E-state index in [0.717, 1.165) is 16.7 Å². The van der Waals surface area contributed by atoms with Gasteiger partial charge in [-0.3, -0.25) is 0 Å². The highest BCUT2D eigenvalue weighted by Gasteiger charge is 2.14. The smallest absolute Gasteiger partial charge is 0.336 e. The molecule has 0 aromatic heterocycles. The van der Waals surface area contributed by atoms with Crippen molar-refractivity contribution in [1.29, 1.82) is 0 Å². The minimum Gasteiger partial charge on any atom is -0.478 e. The van der Waals surface area contributed by atoms with E-state index in [1.54, 1.807) is 12.1 Å². The topological polar surface area (TPSA) is 37.3 Å². The van der Waals surface area contributed by atoms with Gasteiger partial charge in [0.05, 0.1) is 5.56 Å². The number of aromatic carboxylic acids is 1. The summed E-state index contributed by atoms with van der Waals surface area (Å²) in [5.74, 6) is -0.391. The maximum Gasteiger partial charge on any atom is 0.336 e. The SMILES string of the molecule is O=C(O)c1cccc(CS)c1-c1ccccc1. The van der Waals surface area contributed by atoms with Crippen molar-refractivity contribution in [3.8, 4) is 11.1 Å². The maximum absolute atomic E-state index is 11.2. The van der Waals surface area contributed by atoms with Crippen molar-refractivity contribution < 1.29 is 9.90 Å². The van der Waals surface area contributed by atoms with Gasteiger partial charge in [0.2, 0.25) is 0 Å². The molecule has 0 heterocycles. The highest BCUT2D eigenvalue weighted by molar-refractivity contribution is 7.79. The van der Waals surface area contributed by atoms with Gasteiger partial charge in [0.25, 0.3) is 0 Å². The van der Waals surface area contributed by atoms with Crippen LogP contribution in [0.2, 0.25) is 0 Å². The number of carboxylic acids is 1. The van der Waals surface area contributed by atoms with E-state index in [-0.39, 0.29) is 0 Å². The first kappa shape index (κ1) is 11.7. The second-order valence-corrected chi connectivity index (χ2v) is 3.99. The van der Waals surface area contributed by atoms with Crippen LogP contribution in [0.5, 0.6) is 0 Å². The Labute approximate surface area is 105 Å². The molecule has 0 saturated carbocycles. The van der Waals surface area contributed by atoms with Gasteiger partial charge in [-0.05, 0) is 17.2 Å². The largest absolute Gasteiger partial charge is 0.478 e. The fraction of sp³-hybridized carbons (Fsp3) is 0.0714. The zero-order valence-corrected chi connectivity index (χ0v) is 10.0. The van der Waals surface area contributed by atoms with Gasteiger partial charge in [0.1, 0.15) is 0 Å². The molecule has 0 aliphatic carbocycles. The van der Waals surface area contributed by atoms with Crippen molar-refractivity contribution in [3.63, 3.8) is 0 Å². The lowest BCUT2D eigenvalue weighted by atomic mass is 9.95. The van der Waals surface area contributed by atoms with E-state index in [0.29, 0.717) is 11.3 Å². The Hall–Kier alpha value is -1.74. The van der Waals surface area contributed by atoms with Gasteiger partial charge in [-0.15, -0.1) is 0 Å². The summed E-state index contributed by atoms with van der Waals surface area (Å²) in [6.45, 7) is 0. The Morgan fingerprint density at radius 2 is 1.76 bits per heavy atom. The van der Waals surface area contributed by atoms with Gasteiger partial charge in [0.15, 0.2) is 0 Å². The molecule has 0 radical (unpaired) electrons. The lowest BCUT2D eigenvalue weighted by Gasteiger charge is -2.11. The van der Waals surface area contributed by atoms with Crippen LogP contribution in [0, 0.1) is 0 Å². The number of thiol groups is 1. The zero-order chi connectivity index (χ0) is 12.3. The van der Waals surface area contributed by atoms with Gasteiger partial charge in [0, 0.05) is 11.3 Å². The number of carbonyl (C=O) groups is 1. The molecule has 2 nitrogen and oxygen atoms in total. The van der Waals surface area contributed by atoms with Gasteiger partial charge < -0.3 is 5.11 Å². The van der Waals surface area contributed by atoms with Crippen LogP contribution < -0.4 is 0 Å². The normalized spacial score (nSPS) is 10.2. The molecule has 0 aliphatic heterocycles. The van der Waals surface area contributed by atoms with Crippen molar-refractivity contribution >= 4 is 18.6 Å². The lowest BCUT2D eigenvalue weighted by molar-refractivity contribution is 0.0697. The number of hydrogen-bond acceptors (Lipinski definition) is 2. The molecule has 17 heavy (non-hydrogen) atoms. The van der Waals surface area contributed by atoms with Gasteiger partial charge >= 0.3 is 5.97 Å². The van der Waals surface area contributed by atoms with Crippen LogP contribution >= 0.6 is 12.6 Å². The lowest BCUT2D eigenvalue weighted by Crippen LogP contribution is -2.01. The minimum atomic E-state index is -0.910. The summed E-state index contributed by atoms with van der Waals surface area (Å²) in [5.41, 5.74) is 2.92. The molecule has 2 aromatic rings. The van der Waals surface area contributed by atoms with Gasteiger partial charge in [-0.1, -0.05) is 42.5 Å². The second-order valence-electron chi connectivity index (χ2n) is 3.67. The fourth-order valence-corrected chi connectivity index (χ4v) is 2.12. The first-order valence-corrected chi connectivity index (χ1v) is 5.88. The summed E-state index contributed by atoms with van der Waals surface area (Å²) >= 11 is 4.25. The third-order valence-electron chi connectivity index (χ3n) is 2.61. The molecule has 0 bridgehead atoms. The summed E-state index contributed by atoms with van der Waals surface area (Å²) in [6, 6.07) is 14.8. The van der Waals surface area contributed by atoms with Crippen LogP contribution in [0.25, 0.3) is 11.1 Å². The monoisotopic (exact) mass is 244 g/mol. The van der Waals surface area contributed by atoms with E-state index in [1.165, 1.54) is 0 Å². The number of benzene rings is 2. The Balaban J connectivity index is 2.69. The standard InChI is InChI=1S/C14H12O2S/c15-14(16)12-8-4-7-11(9-17)13(12)10-5-2-1-3-6-10/h1-8,17H,9H2,(H,15,16). The molecule has 86 valence electrons. The highest BCUT2D eigenvalue weighted by Crippen LogP contribution is 2.28. The molecule has 0 aliphatic rings. The second kappa shape index (κ2) is 5.06. The summed E-state index contributed by atoms with van der Waals surface area (Å²) in [6.07, 6.45) is 0. The van der Waals surface area contributed by atoms with Crippen molar-refractivity contribution in [3.05, 3.63) is 59.7 Å². The Morgan fingerprint density at radius 1 is 1.06 bits per heavy atom. The van der Waals surface area contributed by atoms with Crippen LogP contribution in [0.3, 0.4) is 0 Å². The van der Waals surface area contributed by atoms with E-state index in [2.05, 4.69) is 12.6 Å². The van der Waals surface area contributed by atoms with E-state index < -0.39 is 5.97 Å². The summed E-state index contributed by atoms with van der Waals surface area (Å²) < 4.78 is 0. The number of carboxylic acid groups (broad SMARTS) is 1. The predicted molar refractivity (Wildman–Crippen MR) is 71.5 cm³/mol. The molecular weight excluding hydrogens is 232 g/mol. The third kappa shape index (κ3) is 2.34. The molecule has 0 saturated heterocycles. The summed E-state index contributed by atoms with van der Waals surface area (Å²) in [5, 5.41) is 9.22. The quantitative estimate of drug-likeness (QED) is 0.811. The molecule has 1 N–H and O–H groups in total. The molecule has 0 spiro atoms. The average molecular weight is 244 g/mol. The van der Waals surface area contributed by atoms with Gasteiger partial charge in [-0.2, -0.15) is 12.6 Å². The van der Waals surface area contributed by atoms with E-state index in [9.17, 15) is 9.90 Å². The molecule has 3 heteroatoms. The minimum absolute atomic E-state index is 0.322.